The van der Waals surface area contributed by atoms with Gasteiger partial charge in [-0.25, -0.2) is 9.69 Å². The summed E-state index contributed by atoms with van der Waals surface area (Å²) in [7, 11) is 0. The third-order valence-corrected chi connectivity index (χ3v) is 5.97. The molecule has 2 aliphatic heterocycles. The molecule has 1 N–H and O–H groups in total. The Morgan fingerprint density at radius 2 is 1.74 bits per heavy atom. The first-order chi connectivity index (χ1) is 13.0. The molecule has 5 rings (SSSR count). The van der Waals surface area contributed by atoms with Crippen LogP contribution in [-0.4, -0.2) is 28.8 Å². The van der Waals surface area contributed by atoms with Crippen molar-refractivity contribution in [1.29, 1.82) is 0 Å². The summed E-state index contributed by atoms with van der Waals surface area (Å²) in [5.74, 6) is -0.218. The molecular formula is C20H16BrN3O3. The van der Waals surface area contributed by atoms with Crippen molar-refractivity contribution in [2.45, 2.75) is 30.4 Å². The largest absolute Gasteiger partial charge is 0.388 e. The maximum absolute atomic E-state index is 13.0. The highest BCUT2D eigenvalue weighted by molar-refractivity contribution is 9.10. The average molecular weight is 426 g/mol. The summed E-state index contributed by atoms with van der Waals surface area (Å²) in [5.41, 5.74) is 1.05. The number of para-hydroxylation sites is 1. The van der Waals surface area contributed by atoms with Gasteiger partial charge in [0.25, 0.3) is 5.91 Å². The van der Waals surface area contributed by atoms with Gasteiger partial charge in [-0.05, 0) is 29.8 Å². The zero-order chi connectivity index (χ0) is 18.6. The molecule has 27 heavy (non-hydrogen) atoms. The van der Waals surface area contributed by atoms with Gasteiger partial charge in [0.05, 0.1) is 11.4 Å². The predicted molar refractivity (Wildman–Crippen MR) is 104 cm³/mol. The number of hydrogen-bond acceptors (Lipinski definition) is 4. The van der Waals surface area contributed by atoms with Crippen molar-refractivity contribution in [1.82, 2.24) is 5.32 Å². The molecule has 2 spiro atoms. The van der Waals surface area contributed by atoms with E-state index in [1.165, 1.54) is 4.90 Å². The second-order valence-electron chi connectivity index (χ2n) is 7.34. The Hall–Kier alpha value is -2.67. The Bertz CT molecular complexity index is 966. The summed E-state index contributed by atoms with van der Waals surface area (Å²) in [6, 6.07) is 16.5. The van der Waals surface area contributed by atoms with E-state index >= 15 is 0 Å². The first-order valence-electron chi connectivity index (χ1n) is 8.73. The molecule has 1 saturated heterocycles. The molecule has 6 nitrogen and oxygen atoms in total. The van der Waals surface area contributed by atoms with Gasteiger partial charge >= 0.3 is 6.03 Å². The van der Waals surface area contributed by atoms with Crippen molar-refractivity contribution in [2.75, 3.05) is 4.90 Å². The average Bonchev–Trinajstić information content (AvgIpc) is 3.17. The molecule has 1 aliphatic carbocycles. The highest BCUT2D eigenvalue weighted by Gasteiger charge is 2.68. The minimum atomic E-state index is -0.891. The Morgan fingerprint density at radius 1 is 1.04 bits per heavy atom. The van der Waals surface area contributed by atoms with Gasteiger partial charge in [0.15, 0.2) is 0 Å². The Kier molecular flexibility index (Phi) is 3.46. The lowest BCUT2D eigenvalue weighted by atomic mass is 9.62. The van der Waals surface area contributed by atoms with Crippen LogP contribution in [-0.2, 0) is 9.63 Å². The first-order valence-corrected chi connectivity index (χ1v) is 9.52. The quantitative estimate of drug-likeness (QED) is 0.747. The van der Waals surface area contributed by atoms with Crippen molar-refractivity contribution in [3.05, 3.63) is 64.6 Å². The molecule has 0 radical (unpaired) electrons. The predicted octanol–water partition coefficient (Wildman–Crippen LogP) is 3.60. The third kappa shape index (κ3) is 2.49. The Balaban J connectivity index is 1.33. The summed E-state index contributed by atoms with van der Waals surface area (Å²) in [6.45, 7) is 0. The molecule has 3 amide bonds. The van der Waals surface area contributed by atoms with E-state index in [9.17, 15) is 9.59 Å². The van der Waals surface area contributed by atoms with Crippen LogP contribution in [0.3, 0.4) is 0 Å². The molecule has 3 aliphatic rings. The molecule has 7 heteroatoms. The van der Waals surface area contributed by atoms with E-state index in [1.807, 2.05) is 42.5 Å². The van der Waals surface area contributed by atoms with Crippen LogP contribution in [0.5, 0.6) is 0 Å². The van der Waals surface area contributed by atoms with Crippen LogP contribution in [0.15, 0.2) is 64.2 Å². The smallest absolute Gasteiger partial charge is 0.329 e. The van der Waals surface area contributed by atoms with Crippen molar-refractivity contribution >= 4 is 39.3 Å². The van der Waals surface area contributed by atoms with Crippen molar-refractivity contribution < 1.29 is 14.4 Å². The number of amides is 3. The zero-order valence-electron chi connectivity index (χ0n) is 14.3. The maximum atomic E-state index is 13.0. The minimum absolute atomic E-state index is 0.218. The molecule has 2 fully saturated rings. The van der Waals surface area contributed by atoms with E-state index < -0.39 is 11.1 Å². The van der Waals surface area contributed by atoms with Crippen molar-refractivity contribution in [3.63, 3.8) is 0 Å². The van der Waals surface area contributed by atoms with E-state index in [1.54, 1.807) is 12.1 Å². The first kappa shape index (κ1) is 16.5. The summed E-state index contributed by atoms with van der Waals surface area (Å²) in [5, 5.41) is 7.13. The maximum Gasteiger partial charge on any atom is 0.329 e. The van der Waals surface area contributed by atoms with Crippen LogP contribution < -0.4 is 10.2 Å². The molecular weight excluding hydrogens is 410 g/mol. The highest BCUT2D eigenvalue weighted by atomic mass is 79.9. The molecule has 2 aromatic carbocycles. The number of rotatable bonds is 2. The number of carbonyl (C=O) groups is 2. The molecule has 2 aromatic rings. The lowest BCUT2D eigenvalue weighted by molar-refractivity contribution is -0.150. The van der Waals surface area contributed by atoms with E-state index in [4.69, 9.17) is 4.84 Å². The van der Waals surface area contributed by atoms with E-state index in [-0.39, 0.29) is 11.9 Å². The summed E-state index contributed by atoms with van der Waals surface area (Å²) < 4.78 is 1.00. The van der Waals surface area contributed by atoms with Crippen LogP contribution in [0, 0.1) is 0 Å². The molecule has 136 valence electrons. The summed E-state index contributed by atoms with van der Waals surface area (Å²) >= 11 is 3.43. The van der Waals surface area contributed by atoms with Crippen LogP contribution in [0.25, 0.3) is 0 Å². The van der Waals surface area contributed by atoms with Gasteiger partial charge in [0.1, 0.15) is 11.1 Å². The van der Waals surface area contributed by atoms with Gasteiger partial charge in [-0.15, -0.1) is 0 Å². The normalized spacial score (nSPS) is 28.9. The van der Waals surface area contributed by atoms with Gasteiger partial charge in [-0.2, -0.15) is 0 Å². The molecule has 0 bridgehead atoms. The molecule has 0 atom stereocenters. The standard InChI is InChI=1S/C20H16BrN3O3/c21-14-8-6-13(7-9-14)16-10-19(27-23-16)11-20(12-19)17(25)24(18(26)22-20)15-4-2-1-3-5-15/h1-9H,10-12H2,(H,22,26). The van der Waals surface area contributed by atoms with E-state index in [0.717, 1.165) is 15.7 Å². The van der Waals surface area contributed by atoms with Crippen molar-refractivity contribution in [2.24, 2.45) is 5.16 Å². The SMILES string of the molecule is O=C1NC2(CC3(CC(c4ccc(Br)cc4)=NO3)C2)C(=O)N1c1ccccc1. The molecule has 0 aromatic heterocycles. The lowest BCUT2D eigenvalue weighted by Gasteiger charge is -2.48. The van der Waals surface area contributed by atoms with Crippen LogP contribution in [0.4, 0.5) is 10.5 Å². The van der Waals surface area contributed by atoms with Crippen LogP contribution in [0.1, 0.15) is 24.8 Å². The number of urea groups is 1. The summed E-state index contributed by atoms with van der Waals surface area (Å²) in [6.07, 6.45) is 1.49. The van der Waals surface area contributed by atoms with Gasteiger partial charge < -0.3 is 10.2 Å². The van der Waals surface area contributed by atoms with Crippen molar-refractivity contribution in [3.8, 4) is 0 Å². The fraction of sp³-hybridized carbons (Fsp3) is 0.250. The topological polar surface area (TPSA) is 71.0 Å². The van der Waals surface area contributed by atoms with E-state index in [2.05, 4.69) is 26.4 Å². The van der Waals surface area contributed by atoms with Crippen LogP contribution >= 0.6 is 15.9 Å². The fourth-order valence-electron chi connectivity index (χ4n) is 4.23. The van der Waals surface area contributed by atoms with Gasteiger partial charge in [0.2, 0.25) is 0 Å². The zero-order valence-corrected chi connectivity index (χ0v) is 15.9. The van der Waals surface area contributed by atoms with Crippen LogP contribution in [0.2, 0.25) is 0 Å². The Labute approximate surface area is 164 Å². The molecule has 2 heterocycles. The Morgan fingerprint density at radius 3 is 2.44 bits per heavy atom. The number of nitrogens with zero attached hydrogens (tertiary/aromatic N) is 2. The molecule has 1 saturated carbocycles. The number of oxime groups is 1. The van der Waals surface area contributed by atoms with E-state index in [0.29, 0.717) is 24.9 Å². The fourth-order valence-corrected chi connectivity index (χ4v) is 4.49. The number of benzene rings is 2. The number of nitrogens with one attached hydrogen (secondary N) is 1. The number of imide groups is 1. The van der Waals surface area contributed by atoms with Gasteiger partial charge in [-0.1, -0.05) is 51.4 Å². The lowest BCUT2D eigenvalue weighted by Crippen LogP contribution is -2.65. The monoisotopic (exact) mass is 425 g/mol. The highest BCUT2D eigenvalue weighted by Crippen LogP contribution is 2.52. The minimum Gasteiger partial charge on any atom is -0.388 e. The van der Waals surface area contributed by atoms with Gasteiger partial charge in [-0.3, -0.25) is 4.79 Å². The number of halogens is 1. The third-order valence-electron chi connectivity index (χ3n) is 5.44. The molecule has 0 unspecified atom stereocenters. The second-order valence-corrected chi connectivity index (χ2v) is 8.25. The summed E-state index contributed by atoms with van der Waals surface area (Å²) in [4.78, 5) is 32.4. The number of carbonyl (C=O) groups excluding carboxylic acids is 2. The number of hydrogen-bond donors (Lipinski definition) is 1. The van der Waals surface area contributed by atoms with Gasteiger partial charge in [0, 0.05) is 23.7 Å². The second kappa shape index (κ2) is 5.66. The number of anilines is 1.